The van der Waals surface area contributed by atoms with E-state index >= 15 is 0 Å². The summed E-state index contributed by atoms with van der Waals surface area (Å²) in [7, 11) is 0. The van der Waals surface area contributed by atoms with Crippen LogP contribution in [0, 0.1) is 12.7 Å². The van der Waals surface area contributed by atoms with Gasteiger partial charge in [0.1, 0.15) is 5.82 Å². The van der Waals surface area contributed by atoms with Gasteiger partial charge in [-0.1, -0.05) is 0 Å². The molecule has 1 aromatic carbocycles. The van der Waals surface area contributed by atoms with E-state index in [1.54, 1.807) is 17.8 Å². The van der Waals surface area contributed by atoms with E-state index in [0.717, 1.165) is 12.1 Å². The van der Waals surface area contributed by atoms with Crippen LogP contribution in [0.15, 0.2) is 30.6 Å². The van der Waals surface area contributed by atoms with Gasteiger partial charge < -0.3 is 0 Å². The molecule has 0 radical (unpaired) electrons. The van der Waals surface area contributed by atoms with Crippen LogP contribution in [-0.2, 0) is 13.0 Å². The number of carbonyl (C=O) groups excluding carboxylic acids is 1. The van der Waals surface area contributed by atoms with Gasteiger partial charge in [-0.05, 0) is 43.2 Å². The van der Waals surface area contributed by atoms with Crippen LogP contribution in [0.3, 0.4) is 0 Å². The Bertz CT molecular complexity index is 575. The topological polar surface area (TPSA) is 34.9 Å². The van der Waals surface area contributed by atoms with Crippen molar-refractivity contribution >= 4 is 5.78 Å². The fraction of sp³-hybridized carbons (Fsp3) is 0.286. The van der Waals surface area contributed by atoms with Crippen molar-refractivity contribution in [3.8, 4) is 0 Å². The van der Waals surface area contributed by atoms with Crippen LogP contribution in [0.2, 0.25) is 0 Å². The van der Waals surface area contributed by atoms with Gasteiger partial charge in [-0.3, -0.25) is 9.48 Å². The SMILES string of the molecule is CCn1cc(CC(=O)c2ccc(F)cc2C)cn1. The Hall–Kier alpha value is -1.97. The van der Waals surface area contributed by atoms with Gasteiger partial charge in [0.25, 0.3) is 0 Å². The predicted molar refractivity (Wildman–Crippen MR) is 67.1 cm³/mol. The first-order valence-electron chi connectivity index (χ1n) is 5.91. The van der Waals surface area contributed by atoms with Crippen LogP contribution >= 0.6 is 0 Å². The number of ketones is 1. The summed E-state index contributed by atoms with van der Waals surface area (Å²) in [5.74, 6) is -0.328. The van der Waals surface area contributed by atoms with Crippen LogP contribution in [0.4, 0.5) is 4.39 Å². The van der Waals surface area contributed by atoms with Crippen molar-refractivity contribution in [1.29, 1.82) is 0 Å². The Morgan fingerprint density at radius 2 is 2.22 bits per heavy atom. The van der Waals surface area contributed by atoms with Gasteiger partial charge in [-0.25, -0.2) is 4.39 Å². The fourth-order valence-electron chi connectivity index (χ4n) is 1.89. The molecular weight excluding hydrogens is 231 g/mol. The number of halogens is 1. The van der Waals surface area contributed by atoms with Crippen LogP contribution < -0.4 is 0 Å². The summed E-state index contributed by atoms with van der Waals surface area (Å²) < 4.78 is 14.7. The molecule has 0 aliphatic carbocycles. The highest BCUT2D eigenvalue weighted by molar-refractivity contribution is 5.98. The smallest absolute Gasteiger partial charge is 0.167 e. The van der Waals surface area contributed by atoms with Crippen LogP contribution in [0.5, 0.6) is 0 Å². The molecule has 0 aliphatic heterocycles. The standard InChI is InChI=1S/C14H15FN2O/c1-3-17-9-11(8-16-17)7-14(18)13-5-4-12(15)6-10(13)2/h4-6,8-9H,3,7H2,1-2H3. The minimum absolute atomic E-state index is 0.0110. The molecule has 0 N–H and O–H groups in total. The van der Waals surface area contributed by atoms with E-state index in [2.05, 4.69) is 5.10 Å². The molecule has 0 saturated carbocycles. The van der Waals surface area contributed by atoms with E-state index < -0.39 is 0 Å². The molecule has 94 valence electrons. The minimum Gasteiger partial charge on any atom is -0.294 e. The maximum absolute atomic E-state index is 13.0. The summed E-state index contributed by atoms with van der Waals surface area (Å²) in [4.78, 5) is 12.1. The lowest BCUT2D eigenvalue weighted by Crippen LogP contribution is -2.05. The third-order valence-corrected chi connectivity index (χ3v) is 2.86. The molecule has 0 bridgehead atoms. The van der Waals surface area contributed by atoms with Gasteiger partial charge in [-0.15, -0.1) is 0 Å². The largest absolute Gasteiger partial charge is 0.294 e. The zero-order valence-electron chi connectivity index (χ0n) is 10.5. The van der Waals surface area contributed by atoms with Crippen LogP contribution in [-0.4, -0.2) is 15.6 Å². The van der Waals surface area contributed by atoms with E-state index in [0.29, 0.717) is 17.5 Å². The predicted octanol–water partition coefficient (Wildman–Crippen LogP) is 2.78. The third kappa shape index (κ3) is 2.64. The number of rotatable bonds is 4. The summed E-state index contributed by atoms with van der Waals surface area (Å²) in [6.07, 6.45) is 3.85. The number of aromatic nitrogens is 2. The number of nitrogens with zero attached hydrogens (tertiary/aromatic N) is 2. The lowest BCUT2D eigenvalue weighted by atomic mass is 10.0. The number of benzene rings is 1. The molecule has 2 rings (SSSR count). The third-order valence-electron chi connectivity index (χ3n) is 2.86. The Labute approximate surface area is 105 Å². The highest BCUT2D eigenvalue weighted by atomic mass is 19.1. The van der Waals surface area contributed by atoms with E-state index in [9.17, 15) is 9.18 Å². The molecule has 3 nitrogen and oxygen atoms in total. The number of hydrogen-bond acceptors (Lipinski definition) is 2. The van der Waals surface area contributed by atoms with E-state index in [1.165, 1.54) is 18.2 Å². The first-order chi connectivity index (χ1) is 8.60. The molecule has 1 heterocycles. The quantitative estimate of drug-likeness (QED) is 0.777. The van der Waals surface area contributed by atoms with Crippen molar-refractivity contribution < 1.29 is 9.18 Å². The van der Waals surface area contributed by atoms with Gasteiger partial charge in [0, 0.05) is 24.7 Å². The fourth-order valence-corrected chi connectivity index (χ4v) is 1.89. The average Bonchev–Trinajstić information content (AvgIpc) is 2.76. The van der Waals surface area contributed by atoms with Gasteiger partial charge in [0.05, 0.1) is 6.20 Å². The second kappa shape index (κ2) is 5.12. The van der Waals surface area contributed by atoms with E-state index in [1.807, 2.05) is 13.1 Å². The van der Waals surface area contributed by atoms with Gasteiger partial charge >= 0.3 is 0 Å². The zero-order valence-corrected chi connectivity index (χ0v) is 10.5. The van der Waals surface area contributed by atoms with Gasteiger partial charge in [0.15, 0.2) is 5.78 Å². The molecular formula is C14H15FN2O. The molecule has 1 aromatic heterocycles. The van der Waals surface area contributed by atoms with Crippen LogP contribution in [0.25, 0.3) is 0 Å². The summed E-state index contributed by atoms with van der Waals surface area (Å²) in [6.45, 7) is 4.51. The highest BCUT2D eigenvalue weighted by Crippen LogP contribution is 2.13. The van der Waals surface area contributed by atoms with Gasteiger partial charge in [-0.2, -0.15) is 5.10 Å². The first kappa shape index (κ1) is 12.5. The highest BCUT2D eigenvalue weighted by Gasteiger charge is 2.11. The molecule has 0 spiro atoms. The average molecular weight is 246 g/mol. The summed E-state index contributed by atoms with van der Waals surface area (Å²) in [6, 6.07) is 4.23. The molecule has 0 aliphatic rings. The molecule has 0 amide bonds. The van der Waals surface area contributed by atoms with Crippen molar-refractivity contribution in [2.45, 2.75) is 26.8 Å². The lowest BCUT2D eigenvalue weighted by molar-refractivity contribution is 0.0992. The molecule has 18 heavy (non-hydrogen) atoms. The Morgan fingerprint density at radius 3 is 2.83 bits per heavy atom. The molecule has 0 unspecified atom stereocenters. The van der Waals surface area contributed by atoms with Crippen molar-refractivity contribution in [2.24, 2.45) is 0 Å². The van der Waals surface area contributed by atoms with Crippen molar-refractivity contribution in [2.75, 3.05) is 0 Å². The van der Waals surface area contributed by atoms with Crippen LogP contribution in [0.1, 0.15) is 28.4 Å². The van der Waals surface area contributed by atoms with E-state index in [4.69, 9.17) is 0 Å². The molecule has 4 heteroatoms. The number of aryl methyl sites for hydroxylation is 2. The summed E-state index contributed by atoms with van der Waals surface area (Å²) in [5, 5.41) is 4.12. The normalized spacial score (nSPS) is 10.6. The Morgan fingerprint density at radius 1 is 1.44 bits per heavy atom. The van der Waals surface area contributed by atoms with Gasteiger partial charge in [0.2, 0.25) is 0 Å². The summed E-state index contributed by atoms with van der Waals surface area (Å²) in [5.41, 5.74) is 2.12. The Balaban J connectivity index is 2.16. The first-order valence-corrected chi connectivity index (χ1v) is 5.91. The zero-order chi connectivity index (χ0) is 13.1. The van der Waals surface area contributed by atoms with Crippen molar-refractivity contribution in [3.63, 3.8) is 0 Å². The monoisotopic (exact) mass is 246 g/mol. The second-order valence-corrected chi connectivity index (χ2v) is 4.26. The molecule has 2 aromatic rings. The molecule has 0 fully saturated rings. The molecule has 0 saturated heterocycles. The number of hydrogen-bond donors (Lipinski definition) is 0. The second-order valence-electron chi connectivity index (χ2n) is 4.26. The van der Waals surface area contributed by atoms with E-state index in [-0.39, 0.29) is 11.6 Å². The number of carbonyl (C=O) groups is 1. The lowest BCUT2D eigenvalue weighted by Gasteiger charge is -2.03. The Kier molecular flexibility index (Phi) is 3.55. The molecule has 0 atom stereocenters. The maximum Gasteiger partial charge on any atom is 0.167 e. The summed E-state index contributed by atoms with van der Waals surface area (Å²) >= 11 is 0. The van der Waals surface area contributed by atoms with Crippen molar-refractivity contribution in [1.82, 2.24) is 9.78 Å². The minimum atomic E-state index is -0.317. The van der Waals surface area contributed by atoms with Crippen molar-refractivity contribution in [3.05, 3.63) is 53.1 Å². The maximum atomic E-state index is 13.0. The number of Topliss-reactive ketones (excluding diaryl/α,β-unsaturated/α-hetero) is 1.